The van der Waals surface area contributed by atoms with Crippen LogP contribution in [0.3, 0.4) is 0 Å². The normalized spacial score (nSPS) is 12.6. The summed E-state index contributed by atoms with van der Waals surface area (Å²) in [4.78, 5) is 2.41. The molecule has 2 nitrogen and oxygen atoms in total. The number of hydrogen-bond acceptors (Lipinski definition) is 3. The van der Waals surface area contributed by atoms with Crippen molar-refractivity contribution in [2.75, 3.05) is 4.90 Å². The zero-order valence-electron chi connectivity index (χ0n) is 41.4. The molecule has 3 heteroatoms. The highest BCUT2D eigenvalue weighted by molar-refractivity contribution is 7.25. The Balaban J connectivity index is 0.845. The van der Waals surface area contributed by atoms with Crippen LogP contribution < -0.4 is 4.90 Å². The van der Waals surface area contributed by atoms with Crippen molar-refractivity contribution in [2.45, 2.75) is 5.41 Å². The first-order valence-electron chi connectivity index (χ1n) is 26.1. The second-order valence-corrected chi connectivity index (χ2v) is 21.0. The molecule has 0 amide bonds. The second kappa shape index (κ2) is 17.8. The molecule has 15 rings (SSSR count). The number of hydrogen-bond donors (Lipinski definition) is 0. The standard InChI is InChI=1S/C73H47NOS/c1-3-19-54(20-4-1)73(55-21-5-2-6-22-55)66-29-11-7-24-60(66)64-46-52(37-43-67(64)73)50-17-15-18-53(45-50)58-23-8-12-30-68(58)74(56-39-33-48(34-40-56)51-38-44-71-65(47-51)62-26-10-14-32-70(62)76-71)57-41-35-49(36-42-57)59-27-16-28-63-61-25-9-13-31-69(61)75-72(59)63/h1-47H. The maximum Gasteiger partial charge on any atom is 0.143 e. The molecule has 14 aromatic rings. The number of anilines is 3. The molecule has 0 fully saturated rings. The molecule has 0 bridgehead atoms. The Labute approximate surface area is 445 Å². The van der Waals surface area contributed by atoms with Crippen molar-refractivity contribution in [3.8, 4) is 55.6 Å². The van der Waals surface area contributed by atoms with Crippen LogP contribution in [-0.2, 0) is 5.41 Å². The fourth-order valence-electron chi connectivity index (χ4n) is 12.3. The van der Waals surface area contributed by atoms with Crippen LogP contribution in [-0.4, -0.2) is 0 Å². The fourth-order valence-corrected chi connectivity index (χ4v) is 13.4. The molecule has 0 aliphatic heterocycles. The van der Waals surface area contributed by atoms with Gasteiger partial charge in [-0.25, -0.2) is 0 Å². The molecule has 356 valence electrons. The van der Waals surface area contributed by atoms with E-state index in [1.54, 1.807) is 0 Å². The van der Waals surface area contributed by atoms with Gasteiger partial charge in [0.2, 0.25) is 0 Å². The Kier molecular flexibility index (Phi) is 10.3. The lowest BCUT2D eigenvalue weighted by atomic mass is 9.67. The SMILES string of the molecule is c1ccc(C2(c3ccccc3)c3ccccc3-c3cc(-c4cccc(-c5ccccc5N(c5ccc(-c6ccc7sc8ccccc8c7c6)cc5)c5ccc(-c6cccc7c6oc6ccccc67)cc5)c4)ccc32)cc1. The Bertz CT molecular complexity index is 4470. The van der Waals surface area contributed by atoms with E-state index in [0.29, 0.717) is 0 Å². The molecular formula is C73H47NOS. The summed E-state index contributed by atoms with van der Waals surface area (Å²) >= 11 is 1.86. The van der Waals surface area contributed by atoms with Crippen LogP contribution in [0.15, 0.2) is 290 Å². The summed E-state index contributed by atoms with van der Waals surface area (Å²) in [5.74, 6) is 0. The maximum atomic E-state index is 6.52. The number of thiophene rings is 1. The molecule has 76 heavy (non-hydrogen) atoms. The van der Waals surface area contributed by atoms with Crippen molar-refractivity contribution in [1.82, 2.24) is 0 Å². The quantitative estimate of drug-likeness (QED) is 0.143. The number of benzene rings is 12. The predicted octanol–water partition coefficient (Wildman–Crippen LogP) is 20.5. The van der Waals surface area contributed by atoms with Crippen LogP contribution in [0.5, 0.6) is 0 Å². The van der Waals surface area contributed by atoms with Gasteiger partial charge in [-0.05, 0) is 133 Å². The van der Waals surface area contributed by atoms with E-state index in [9.17, 15) is 0 Å². The Hall–Kier alpha value is -9.54. The van der Waals surface area contributed by atoms with Gasteiger partial charge in [-0.3, -0.25) is 0 Å². The molecule has 2 heterocycles. The van der Waals surface area contributed by atoms with Crippen molar-refractivity contribution in [1.29, 1.82) is 0 Å². The Morgan fingerprint density at radius 3 is 1.63 bits per heavy atom. The number of fused-ring (bicyclic) bond motifs is 9. The first-order chi connectivity index (χ1) is 37.7. The monoisotopic (exact) mass is 985 g/mol. The first-order valence-corrected chi connectivity index (χ1v) is 26.9. The molecule has 1 aliphatic carbocycles. The second-order valence-electron chi connectivity index (χ2n) is 19.9. The van der Waals surface area contributed by atoms with E-state index in [2.05, 4.69) is 278 Å². The van der Waals surface area contributed by atoms with E-state index in [0.717, 1.165) is 61.3 Å². The van der Waals surface area contributed by atoms with Crippen molar-refractivity contribution < 1.29 is 4.42 Å². The summed E-state index contributed by atoms with van der Waals surface area (Å²) in [5.41, 5.74) is 21.5. The van der Waals surface area contributed by atoms with Crippen LogP contribution in [0.25, 0.3) is 97.7 Å². The molecule has 0 radical (unpaired) electrons. The minimum absolute atomic E-state index is 0.444. The number of rotatable bonds is 9. The fraction of sp³-hybridized carbons (Fsp3) is 0.0137. The van der Waals surface area contributed by atoms with E-state index in [-0.39, 0.29) is 0 Å². The highest BCUT2D eigenvalue weighted by Crippen LogP contribution is 2.57. The molecule has 2 aromatic heterocycles. The summed E-state index contributed by atoms with van der Waals surface area (Å²) in [7, 11) is 0. The van der Waals surface area contributed by atoms with Gasteiger partial charge in [-0.15, -0.1) is 11.3 Å². The van der Waals surface area contributed by atoms with Crippen LogP contribution in [0.4, 0.5) is 17.1 Å². The van der Waals surface area contributed by atoms with Crippen molar-refractivity contribution in [2.24, 2.45) is 0 Å². The third kappa shape index (κ3) is 7.01. The van der Waals surface area contributed by atoms with Crippen LogP contribution in [0.1, 0.15) is 22.3 Å². The lowest BCUT2D eigenvalue weighted by molar-refractivity contribution is 0.670. The maximum absolute atomic E-state index is 6.52. The summed E-state index contributed by atoms with van der Waals surface area (Å²) < 4.78 is 9.15. The summed E-state index contributed by atoms with van der Waals surface area (Å²) in [5, 5.41) is 4.86. The Morgan fingerprint density at radius 2 is 0.842 bits per heavy atom. The van der Waals surface area contributed by atoms with E-state index >= 15 is 0 Å². The summed E-state index contributed by atoms with van der Waals surface area (Å²) in [6, 6.07) is 105. The third-order valence-electron chi connectivity index (χ3n) is 15.8. The zero-order valence-corrected chi connectivity index (χ0v) is 42.2. The van der Waals surface area contributed by atoms with Gasteiger partial charge in [0.05, 0.1) is 11.1 Å². The first kappa shape index (κ1) is 44.0. The van der Waals surface area contributed by atoms with Crippen LogP contribution in [0, 0.1) is 0 Å². The van der Waals surface area contributed by atoms with Gasteiger partial charge in [0, 0.05) is 53.4 Å². The lowest BCUT2D eigenvalue weighted by Gasteiger charge is -2.33. The summed E-state index contributed by atoms with van der Waals surface area (Å²) in [6.07, 6.45) is 0. The third-order valence-corrected chi connectivity index (χ3v) is 16.9. The Morgan fingerprint density at radius 1 is 0.303 bits per heavy atom. The highest BCUT2D eigenvalue weighted by atomic mass is 32.1. The van der Waals surface area contributed by atoms with Gasteiger partial charge in [0.15, 0.2) is 0 Å². The molecule has 1 aliphatic rings. The lowest BCUT2D eigenvalue weighted by Crippen LogP contribution is -2.28. The van der Waals surface area contributed by atoms with Crippen molar-refractivity contribution in [3.63, 3.8) is 0 Å². The van der Waals surface area contributed by atoms with Gasteiger partial charge in [0.1, 0.15) is 11.2 Å². The van der Waals surface area contributed by atoms with Crippen molar-refractivity contribution >= 4 is 70.5 Å². The summed E-state index contributed by atoms with van der Waals surface area (Å²) in [6.45, 7) is 0. The largest absolute Gasteiger partial charge is 0.455 e. The topological polar surface area (TPSA) is 16.4 Å². The molecule has 0 atom stereocenters. The van der Waals surface area contributed by atoms with Gasteiger partial charge >= 0.3 is 0 Å². The van der Waals surface area contributed by atoms with E-state index < -0.39 is 5.41 Å². The van der Waals surface area contributed by atoms with E-state index in [1.165, 1.54) is 75.8 Å². The van der Waals surface area contributed by atoms with Crippen molar-refractivity contribution in [3.05, 3.63) is 307 Å². The zero-order chi connectivity index (χ0) is 50.2. The van der Waals surface area contributed by atoms with Crippen LogP contribution in [0.2, 0.25) is 0 Å². The van der Waals surface area contributed by atoms with Gasteiger partial charge in [0.25, 0.3) is 0 Å². The average molecular weight is 986 g/mol. The van der Waals surface area contributed by atoms with Gasteiger partial charge in [-0.1, -0.05) is 218 Å². The van der Waals surface area contributed by atoms with E-state index in [1.807, 2.05) is 23.5 Å². The molecular weight excluding hydrogens is 939 g/mol. The number of para-hydroxylation sites is 3. The molecule has 0 saturated carbocycles. The number of furan rings is 1. The van der Waals surface area contributed by atoms with Crippen LogP contribution >= 0.6 is 11.3 Å². The molecule has 0 spiro atoms. The minimum atomic E-state index is -0.444. The average Bonchev–Trinajstić information content (AvgIpc) is 4.34. The van der Waals surface area contributed by atoms with Gasteiger partial charge < -0.3 is 9.32 Å². The van der Waals surface area contributed by atoms with Gasteiger partial charge in [-0.2, -0.15) is 0 Å². The predicted molar refractivity (Wildman–Crippen MR) is 320 cm³/mol. The highest BCUT2D eigenvalue weighted by Gasteiger charge is 2.46. The number of nitrogens with zero attached hydrogens (tertiary/aromatic N) is 1. The smallest absolute Gasteiger partial charge is 0.143 e. The molecule has 0 saturated heterocycles. The minimum Gasteiger partial charge on any atom is -0.455 e. The molecule has 12 aromatic carbocycles. The molecule has 0 N–H and O–H groups in total. The molecule has 0 unspecified atom stereocenters. The van der Waals surface area contributed by atoms with E-state index in [4.69, 9.17) is 4.42 Å².